The number of ether oxygens (including phenoxy) is 1. The van der Waals surface area contributed by atoms with Gasteiger partial charge in [0.1, 0.15) is 5.75 Å². The number of aromatic amines is 1. The Morgan fingerprint density at radius 2 is 2.45 bits per heavy atom. The first kappa shape index (κ1) is 3.81. The van der Waals surface area contributed by atoms with E-state index in [2.05, 4.69) is 4.98 Å². The maximum absolute atomic E-state index is 7.00. The highest BCUT2D eigenvalue weighted by Gasteiger charge is 1.98. The summed E-state index contributed by atoms with van der Waals surface area (Å²) in [5.41, 5.74) is 0.867. The highest BCUT2D eigenvalue weighted by atomic mass is 16.5. The minimum Gasteiger partial charge on any atom is -0.496 e. The number of hydrogen-bond donors (Lipinski definition) is 1. The van der Waals surface area contributed by atoms with Crippen LogP contribution in [-0.4, -0.2) is 12.0 Å². The number of benzene rings is 1. The van der Waals surface area contributed by atoms with Crippen LogP contribution in [0.15, 0.2) is 30.5 Å². The third-order valence-corrected chi connectivity index (χ3v) is 1.66. The van der Waals surface area contributed by atoms with Crippen molar-refractivity contribution >= 4 is 10.9 Å². The highest BCUT2D eigenvalue weighted by Crippen LogP contribution is 2.23. The SMILES string of the molecule is [2H]C([2H])([2H])Oc1cccc2[nH]ccc12. The predicted molar refractivity (Wildman–Crippen MR) is 44.9 cm³/mol. The van der Waals surface area contributed by atoms with Crippen molar-refractivity contribution in [2.24, 2.45) is 0 Å². The molecule has 0 saturated heterocycles. The van der Waals surface area contributed by atoms with Crippen LogP contribution in [0.2, 0.25) is 0 Å². The van der Waals surface area contributed by atoms with Crippen LogP contribution in [0.25, 0.3) is 10.9 Å². The highest BCUT2D eigenvalue weighted by molar-refractivity contribution is 5.85. The molecule has 0 aliphatic carbocycles. The molecule has 0 aliphatic rings. The fourth-order valence-electron chi connectivity index (χ4n) is 1.15. The van der Waals surface area contributed by atoms with Crippen LogP contribution in [0.1, 0.15) is 4.11 Å². The lowest BCUT2D eigenvalue weighted by atomic mass is 10.2. The van der Waals surface area contributed by atoms with Gasteiger partial charge in [0.2, 0.25) is 0 Å². The largest absolute Gasteiger partial charge is 0.496 e. The van der Waals surface area contributed by atoms with E-state index in [9.17, 15) is 0 Å². The zero-order chi connectivity index (χ0) is 10.2. The summed E-state index contributed by atoms with van der Waals surface area (Å²) in [6.07, 6.45) is 1.75. The van der Waals surface area contributed by atoms with Gasteiger partial charge < -0.3 is 9.72 Å². The van der Waals surface area contributed by atoms with E-state index < -0.39 is 7.04 Å². The summed E-state index contributed by atoms with van der Waals surface area (Å²) in [4.78, 5) is 2.98. The summed E-state index contributed by atoms with van der Waals surface area (Å²) in [5.74, 6) is 0.378. The molecule has 0 fully saturated rings. The molecule has 0 aliphatic heterocycles. The smallest absolute Gasteiger partial charge is 0.128 e. The van der Waals surface area contributed by atoms with Gasteiger partial charge in [-0.15, -0.1) is 0 Å². The lowest BCUT2D eigenvalue weighted by Crippen LogP contribution is -1.81. The molecule has 2 rings (SSSR count). The summed E-state index contributed by atoms with van der Waals surface area (Å²) in [6.45, 7) is 0. The lowest BCUT2D eigenvalue weighted by molar-refractivity contribution is 0.420. The Hall–Kier alpha value is -1.44. The molecule has 0 saturated carbocycles. The number of rotatable bonds is 1. The van der Waals surface area contributed by atoms with Crippen LogP contribution in [0.3, 0.4) is 0 Å². The second-order valence-electron chi connectivity index (χ2n) is 2.30. The van der Waals surface area contributed by atoms with E-state index in [0.717, 1.165) is 10.9 Å². The molecule has 0 amide bonds. The topological polar surface area (TPSA) is 25.0 Å². The molecule has 11 heavy (non-hydrogen) atoms. The molecule has 0 unspecified atom stereocenters. The van der Waals surface area contributed by atoms with Crippen molar-refractivity contribution in [2.75, 3.05) is 7.04 Å². The molecule has 0 atom stereocenters. The first-order valence-electron chi connectivity index (χ1n) is 4.81. The fraction of sp³-hybridized carbons (Fsp3) is 0.111. The van der Waals surface area contributed by atoms with Crippen molar-refractivity contribution in [1.29, 1.82) is 0 Å². The van der Waals surface area contributed by atoms with Gasteiger partial charge in [0.25, 0.3) is 0 Å². The second-order valence-corrected chi connectivity index (χ2v) is 2.30. The number of nitrogens with one attached hydrogen (secondary N) is 1. The first-order chi connectivity index (χ1) is 6.56. The van der Waals surface area contributed by atoms with E-state index in [4.69, 9.17) is 8.85 Å². The summed E-state index contributed by atoms with van der Waals surface area (Å²) < 4.78 is 25.8. The average Bonchev–Trinajstić information content (AvgIpc) is 2.49. The molecular formula is C9H9NO. The minimum absolute atomic E-state index is 0.378. The quantitative estimate of drug-likeness (QED) is 0.662. The Bertz CT molecular complexity index is 446. The van der Waals surface area contributed by atoms with Gasteiger partial charge in [-0.3, -0.25) is 0 Å². The number of H-pyrrole nitrogens is 1. The van der Waals surface area contributed by atoms with E-state index in [1.165, 1.54) is 0 Å². The van der Waals surface area contributed by atoms with Gasteiger partial charge in [0, 0.05) is 17.1 Å². The van der Waals surface area contributed by atoms with Crippen molar-refractivity contribution in [3.8, 4) is 5.75 Å². The Morgan fingerprint density at radius 3 is 3.36 bits per heavy atom. The fourth-order valence-corrected chi connectivity index (χ4v) is 1.15. The van der Waals surface area contributed by atoms with Crippen molar-refractivity contribution < 1.29 is 8.85 Å². The molecular weight excluding hydrogens is 138 g/mol. The molecule has 1 N–H and O–H groups in total. The average molecular weight is 150 g/mol. The molecule has 2 heteroatoms. The minimum atomic E-state index is -2.40. The lowest BCUT2D eigenvalue weighted by Gasteiger charge is -1.99. The van der Waals surface area contributed by atoms with Crippen molar-refractivity contribution in [3.63, 3.8) is 0 Å². The summed E-state index contributed by atoms with van der Waals surface area (Å²) in [5, 5.41) is 0.781. The first-order valence-corrected chi connectivity index (χ1v) is 3.31. The second kappa shape index (κ2) is 2.31. The zero-order valence-corrected chi connectivity index (χ0v) is 5.79. The number of aromatic nitrogens is 1. The van der Waals surface area contributed by atoms with Gasteiger partial charge in [-0.05, 0) is 18.2 Å². The van der Waals surface area contributed by atoms with Crippen LogP contribution in [0, 0.1) is 0 Å². The molecule has 56 valence electrons. The van der Waals surface area contributed by atoms with E-state index in [1.807, 2.05) is 6.07 Å². The Labute approximate surface area is 69.0 Å². The predicted octanol–water partition coefficient (Wildman–Crippen LogP) is 2.18. The van der Waals surface area contributed by atoms with Crippen LogP contribution in [0.5, 0.6) is 5.75 Å². The van der Waals surface area contributed by atoms with Crippen LogP contribution >= 0.6 is 0 Å². The van der Waals surface area contributed by atoms with Gasteiger partial charge in [-0.1, -0.05) is 6.07 Å². The normalized spacial score (nSPS) is 15.5. The monoisotopic (exact) mass is 150 g/mol. The van der Waals surface area contributed by atoms with E-state index in [0.29, 0.717) is 5.75 Å². The number of methoxy groups -OCH3 is 1. The van der Waals surface area contributed by atoms with Gasteiger partial charge in [-0.25, -0.2) is 0 Å². The molecule has 2 nitrogen and oxygen atoms in total. The number of fused-ring (bicyclic) bond motifs is 1. The van der Waals surface area contributed by atoms with Crippen LogP contribution in [-0.2, 0) is 0 Å². The maximum atomic E-state index is 7.00. The summed E-state index contributed by atoms with van der Waals surface area (Å²) >= 11 is 0. The third-order valence-electron chi connectivity index (χ3n) is 1.66. The van der Waals surface area contributed by atoms with E-state index in [-0.39, 0.29) is 0 Å². The van der Waals surface area contributed by atoms with Gasteiger partial charge in [-0.2, -0.15) is 0 Å². The van der Waals surface area contributed by atoms with Crippen molar-refractivity contribution in [1.82, 2.24) is 4.98 Å². The molecule has 1 aromatic carbocycles. The third kappa shape index (κ3) is 0.871. The summed E-state index contributed by atoms with van der Waals surface area (Å²) in [6, 6.07) is 7.04. The Balaban J connectivity index is 2.46. The number of hydrogen-bond acceptors (Lipinski definition) is 1. The Morgan fingerprint density at radius 1 is 1.45 bits per heavy atom. The van der Waals surface area contributed by atoms with E-state index in [1.54, 1.807) is 24.4 Å². The molecule has 0 bridgehead atoms. The molecule has 1 heterocycles. The van der Waals surface area contributed by atoms with Gasteiger partial charge in [0.05, 0.1) is 11.2 Å². The maximum Gasteiger partial charge on any atom is 0.128 e. The van der Waals surface area contributed by atoms with Gasteiger partial charge >= 0.3 is 0 Å². The van der Waals surface area contributed by atoms with Crippen molar-refractivity contribution in [2.45, 2.75) is 0 Å². The van der Waals surface area contributed by atoms with E-state index >= 15 is 0 Å². The van der Waals surface area contributed by atoms with Crippen LogP contribution in [0.4, 0.5) is 0 Å². The molecule has 2 aromatic rings. The standard InChI is InChI=1S/C9H9NO/c1-11-9-4-2-3-8-7(9)5-6-10-8/h2-6,10H,1H3/i1D3. The molecule has 1 aromatic heterocycles. The summed E-state index contributed by atoms with van der Waals surface area (Å²) in [7, 11) is -2.40. The van der Waals surface area contributed by atoms with Crippen LogP contribution < -0.4 is 4.74 Å². The Kier molecular flexibility index (Phi) is 0.799. The molecule has 0 radical (unpaired) electrons. The van der Waals surface area contributed by atoms with Gasteiger partial charge in [0.15, 0.2) is 0 Å². The zero-order valence-electron chi connectivity index (χ0n) is 8.79. The van der Waals surface area contributed by atoms with Crippen molar-refractivity contribution in [3.05, 3.63) is 30.5 Å². The molecule has 0 spiro atoms.